The lowest BCUT2D eigenvalue weighted by Gasteiger charge is -2.27. The molecular formula is C22H43N7O5S. The molecule has 12 nitrogen and oxygen atoms in total. The third-order valence-electron chi connectivity index (χ3n) is 5.11. The molecule has 0 aliphatic carbocycles. The van der Waals surface area contributed by atoms with Crippen LogP contribution in [0.2, 0.25) is 0 Å². The average Bonchev–Trinajstić information content (AvgIpc) is 2.75. The van der Waals surface area contributed by atoms with Gasteiger partial charge in [0.2, 0.25) is 17.7 Å². The fourth-order valence-corrected chi connectivity index (χ4v) is 3.68. The number of carbonyl (C=O) groups excluding carboxylic acids is 3. The molecule has 10 N–H and O–H groups in total. The number of aliphatic carboxylic acids is 1. The molecule has 0 rings (SSSR count). The molecule has 13 heteroatoms. The summed E-state index contributed by atoms with van der Waals surface area (Å²) in [6.07, 6.45) is 3.06. The molecule has 4 atom stereocenters. The topological polar surface area (TPSA) is 215 Å². The van der Waals surface area contributed by atoms with Gasteiger partial charge in [-0.25, -0.2) is 4.79 Å². The summed E-state index contributed by atoms with van der Waals surface area (Å²) < 4.78 is 0. The Kier molecular flexibility index (Phi) is 15.7. The number of carbonyl (C=O) groups is 4. The molecule has 0 radical (unpaired) electrons. The van der Waals surface area contributed by atoms with Crippen molar-refractivity contribution in [1.82, 2.24) is 16.0 Å². The molecule has 35 heavy (non-hydrogen) atoms. The van der Waals surface area contributed by atoms with E-state index in [0.717, 1.165) is 0 Å². The lowest BCUT2D eigenvalue weighted by Crippen LogP contribution is -2.58. The Hall–Kier alpha value is -2.54. The van der Waals surface area contributed by atoms with Crippen molar-refractivity contribution in [2.75, 3.05) is 18.6 Å². The van der Waals surface area contributed by atoms with Gasteiger partial charge < -0.3 is 38.3 Å². The summed E-state index contributed by atoms with van der Waals surface area (Å²) in [6, 6.07) is -3.80. The van der Waals surface area contributed by atoms with Gasteiger partial charge in [0.25, 0.3) is 0 Å². The number of carboxylic acids is 1. The van der Waals surface area contributed by atoms with E-state index in [1.807, 2.05) is 20.1 Å². The second-order valence-electron chi connectivity index (χ2n) is 9.16. The third-order valence-corrected chi connectivity index (χ3v) is 5.76. The smallest absolute Gasteiger partial charge is 0.326 e. The zero-order valence-corrected chi connectivity index (χ0v) is 22.2. The van der Waals surface area contributed by atoms with Gasteiger partial charge in [0.15, 0.2) is 5.96 Å². The van der Waals surface area contributed by atoms with E-state index in [4.69, 9.17) is 17.2 Å². The summed E-state index contributed by atoms with van der Waals surface area (Å²) in [5, 5.41) is 17.3. The highest BCUT2D eigenvalue weighted by atomic mass is 32.2. The molecule has 0 aromatic carbocycles. The summed E-state index contributed by atoms with van der Waals surface area (Å²) in [7, 11) is 0. The molecule has 0 saturated carbocycles. The summed E-state index contributed by atoms with van der Waals surface area (Å²) in [5.74, 6) is -2.40. The summed E-state index contributed by atoms with van der Waals surface area (Å²) in [5.41, 5.74) is 16.5. The molecule has 0 bridgehead atoms. The highest BCUT2D eigenvalue weighted by Crippen LogP contribution is 2.09. The van der Waals surface area contributed by atoms with Crippen molar-refractivity contribution in [1.29, 1.82) is 0 Å². The number of guanidine groups is 1. The number of rotatable bonds is 17. The first-order chi connectivity index (χ1) is 16.3. The Morgan fingerprint density at radius 1 is 0.914 bits per heavy atom. The van der Waals surface area contributed by atoms with Crippen molar-refractivity contribution >= 4 is 41.4 Å². The van der Waals surface area contributed by atoms with E-state index in [1.54, 1.807) is 13.8 Å². The number of nitrogens with zero attached hydrogens (tertiary/aromatic N) is 1. The minimum absolute atomic E-state index is 0.0993. The van der Waals surface area contributed by atoms with Crippen LogP contribution in [-0.2, 0) is 19.2 Å². The van der Waals surface area contributed by atoms with Crippen LogP contribution in [0.25, 0.3) is 0 Å². The van der Waals surface area contributed by atoms with Crippen LogP contribution in [-0.4, -0.2) is 77.5 Å². The number of thioether (sulfide) groups is 1. The van der Waals surface area contributed by atoms with Crippen LogP contribution < -0.4 is 33.2 Å². The predicted octanol–water partition coefficient (Wildman–Crippen LogP) is -0.638. The minimum Gasteiger partial charge on any atom is -0.480 e. The molecule has 0 aromatic heterocycles. The van der Waals surface area contributed by atoms with Gasteiger partial charge in [-0.05, 0) is 49.5 Å². The average molecular weight is 518 g/mol. The molecule has 4 unspecified atom stereocenters. The maximum atomic E-state index is 13.0. The molecule has 0 fully saturated rings. The number of carboxylic acid groups (broad SMARTS) is 1. The van der Waals surface area contributed by atoms with Gasteiger partial charge in [0.05, 0.1) is 6.04 Å². The van der Waals surface area contributed by atoms with E-state index < -0.39 is 47.9 Å². The minimum atomic E-state index is -1.20. The molecule has 0 spiro atoms. The largest absolute Gasteiger partial charge is 0.480 e. The highest BCUT2D eigenvalue weighted by molar-refractivity contribution is 7.98. The second kappa shape index (κ2) is 17.0. The molecule has 202 valence electrons. The van der Waals surface area contributed by atoms with Gasteiger partial charge in [0.1, 0.15) is 18.1 Å². The fraction of sp³-hybridized carbons (Fsp3) is 0.773. The molecule has 0 aliphatic rings. The van der Waals surface area contributed by atoms with Crippen LogP contribution >= 0.6 is 11.8 Å². The molecule has 0 saturated heterocycles. The first-order valence-electron chi connectivity index (χ1n) is 11.7. The van der Waals surface area contributed by atoms with E-state index in [0.29, 0.717) is 18.6 Å². The molecule has 3 amide bonds. The van der Waals surface area contributed by atoms with E-state index >= 15 is 0 Å². The Morgan fingerprint density at radius 2 is 1.51 bits per heavy atom. The number of nitrogens with one attached hydrogen (secondary N) is 3. The maximum Gasteiger partial charge on any atom is 0.326 e. The van der Waals surface area contributed by atoms with Gasteiger partial charge in [-0.15, -0.1) is 0 Å². The van der Waals surface area contributed by atoms with Gasteiger partial charge in [0, 0.05) is 6.54 Å². The lowest BCUT2D eigenvalue weighted by molar-refractivity contribution is -0.142. The van der Waals surface area contributed by atoms with Crippen LogP contribution in [0.15, 0.2) is 4.99 Å². The Balaban J connectivity index is 5.35. The molecule has 0 aromatic rings. The number of hydrogen-bond donors (Lipinski definition) is 7. The van der Waals surface area contributed by atoms with Crippen LogP contribution in [0.4, 0.5) is 0 Å². The zero-order valence-electron chi connectivity index (χ0n) is 21.4. The van der Waals surface area contributed by atoms with Crippen LogP contribution in [0.5, 0.6) is 0 Å². The van der Waals surface area contributed by atoms with Gasteiger partial charge >= 0.3 is 5.97 Å². The lowest BCUT2D eigenvalue weighted by atomic mass is 10.00. The molecule has 0 heterocycles. The first kappa shape index (κ1) is 32.5. The maximum absolute atomic E-state index is 13.0. The predicted molar refractivity (Wildman–Crippen MR) is 139 cm³/mol. The molecular weight excluding hydrogens is 474 g/mol. The van der Waals surface area contributed by atoms with Gasteiger partial charge in [-0.3, -0.25) is 19.4 Å². The van der Waals surface area contributed by atoms with Crippen molar-refractivity contribution in [2.45, 2.75) is 77.5 Å². The molecule has 0 aliphatic heterocycles. The monoisotopic (exact) mass is 517 g/mol. The van der Waals surface area contributed by atoms with Crippen LogP contribution in [0.1, 0.15) is 53.4 Å². The first-order valence-corrected chi connectivity index (χ1v) is 13.1. The summed E-state index contributed by atoms with van der Waals surface area (Å²) in [6.45, 7) is 7.66. The second-order valence-corrected chi connectivity index (χ2v) is 10.1. The Morgan fingerprint density at radius 3 is 2.00 bits per heavy atom. The van der Waals surface area contributed by atoms with Crippen molar-refractivity contribution in [3.63, 3.8) is 0 Å². The van der Waals surface area contributed by atoms with E-state index in [1.165, 1.54) is 11.8 Å². The van der Waals surface area contributed by atoms with Crippen molar-refractivity contribution in [3.05, 3.63) is 0 Å². The number of aliphatic imine (C=N–C) groups is 1. The zero-order chi connectivity index (χ0) is 27.1. The Labute approximate surface area is 212 Å². The summed E-state index contributed by atoms with van der Waals surface area (Å²) >= 11 is 1.48. The van der Waals surface area contributed by atoms with Crippen molar-refractivity contribution in [2.24, 2.45) is 34.0 Å². The third kappa shape index (κ3) is 13.8. The van der Waals surface area contributed by atoms with Gasteiger partial charge in [-0.1, -0.05) is 27.7 Å². The van der Waals surface area contributed by atoms with Gasteiger partial charge in [-0.2, -0.15) is 11.8 Å². The standard InChI is InChI=1S/C22H43N7O5S/c1-12(2)11-14(23)18(30)29-17(13(3)4)20(32)27-15(8-10-35-5)19(31)28-16(21(33)34)7-6-9-26-22(24)25/h12-17H,6-11,23H2,1-5H3,(H,27,32)(H,28,31)(H,29,30)(H,33,34)(H4,24,25,26). The SMILES string of the molecule is CSCCC(NC(=O)C(NC(=O)C(N)CC(C)C)C(C)C)C(=O)NC(CCCN=C(N)N)C(=O)O. The number of amides is 3. The number of hydrogen-bond acceptors (Lipinski definition) is 7. The van der Waals surface area contributed by atoms with Crippen LogP contribution in [0.3, 0.4) is 0 Å². The van der Waals surface area contributed by atoms with Crippen molar-refractivity contribution in [3.8, 4) is 0 Å². The Bertz CT molecular complexity index is 729. The fourth-order valence-electron chi connectivity index (χ4n) is 3.21. The van der Waals surface area contributed by atoms with E-state index in [2.05, 4.69) is 20.9 Å². The van der Waals surface area contributed by atoms with E-state index in [-0.39, 0.29) is 37.2 Å². The van der Waals surface area contributed by atoms with Crippen molar-refractivity contribution < 1.29 is 24.3 Å². The quantitative estimate of drug-likeness (QED) is 0.0740. The highest BCUT2D eigenvalue weighted by Gasteiger charge is 2.31. The van der Waals surface area contributed by atoms with Crippen LogP contribution in [0, 0.1) is 11.8 Å². The van der Waals surface area contributed by atoms with E-state index in [9.17, 15) is 24.3 Å². The number of nitrogens with two attached hydrogens (primary N) is 3. The summed E-state index contributed by atoms with van der Waals surface area (Å²) in [4.78, 5) is 53.9. The normalized spacial score (nSPS) is 14.5.